The summed E-state index contributed by atoms with van der Waals surface area (Å²) < 4.78 is 27.1. The summed E-state index contributed by atoms with van der Waals surface area (Å²) in [5, 5.41) is 4.74. The van der Waals surface area contributed by atoms with Crippen LogP contribution >= 0.6 is 0 Å². The van der Waals surface area contributed by atoms with Crippen LogP contribution in [-0.4, -0.2) is 50.0 Å². The third kappa shape index (κ3) is 6.72. The van der Waals surface area contributed by atoms with E-state index in [1.165, 1.54) is 11.3 Å². The van der Waals surface area contributed by atoms with Gasteiger partial charge in [-0.25, -0.2) is 8.42 Å². The molecule has 4 rings (SSSR count). The molecule has 3 aromatic rings. The largest absolute Gasteiger partial charge is 0.352 e. The van der Waals surface area contributed by atoms with E-state index < -0.39 is 28.5 Å². The molecule has 1 aliphatic carbocycles. The lowest BCUT2D eigenvalue weighted by Crippen LogP contribution is -2.53. The molecule has 1 saturated carbocycles. The van der Waals surface area contributed by atoms with Crippen LogP contribution in [0.4, 0.5) is 5.69 Å². The molecule has 38 heavy (non-hydrogen) atoms. The Morgan fingerprint density at radius 1 is 0.974 bits per heavy atom. The Morgan fingerprint density at radius 3 is 2.37 bits per heavy atom. The zero-order chi connectivity index (χ0) is 27.3. The highest BCUT2D eigenvalue weighted by atomic mass is 32.2. The normalized spacial score (nSPS) is 15.1. The molecule has 0 unspecified atom stereocenters. The van der Waals surface area contributed by atoms with Gasteiger partial charge in [-0.2, -0.15) is 0 Å². The Bertz CT molecular complexity index is 1390. The topological polar surface area (TPSA) is 86.8 Å². The van der Waals surface area contributed by atoms with Crippen molar-refractivity contribution in [2.75, 3.05) is 17.1 Å². The molecule has 0 saturated heterocycles. The van der Waals surface area contributed by atoms with Gasteiger partial charge in [0.1, 0.15) is 12.6 Å². The van der Waals surface area contributed by atoms with Crippen molar-refractivity contribution < 1.29 is 18.0 Å². The third-order valence-corrected chi connectivity index (χ3v) is 8.40. The van der Waals surface area contributed by atoms with E-state index in [0.717, 1.165) is 58.1 Å². The van der Waals surface area contributed by atoms with Crippen LogP contribution in [0.1, 0.15) is 50.2 Å². The van der Waals surface area contributed by atoms with Crippen LogP contribution in [0.15, 0.2) is 66.7 Å². The number of fused-ring (bicyclic) bond motifs is 1. The monoisotopic (exact) mass is 535 g/mol. The van der Waals surface area contributed by atoms with Crippen molar-refractivity contribution in [3.8, 4) is 0 Å². The Morgan fingerprint density at radius 2 is 1.66 bits per heavy atom. The van der Waals surface area contributed by atoms with Gasteiger partial charge >= 0.3 is 0 Å². The predicted molar refractivity (Wildman–Crippen MR) is 152 cm³/mol. The van der Waals surface area contributed by atoms with Gasteiger partial charge in [-0.1, -0.05) is 85.5 Å². The number of hydrogen-bond acceptors (Lipinski definition) is 4. The van der Waals surface area contributed by atoms with Gasteiger partial charge in [0.05, 0.1) is 11.9 Å². The standard InChI is InChI=1S/C30H37N3O4S/c1-22-11-9-12-24(19-22)20-32(23(2)30(35)31-26-15-5-4-6-16-26)29(34)21-33(38(3,36)37)28-18-10-14-25-13-7-8-17-27(25)28/h7-14,17-19,23,26H,4-6,15-16,20-21H2,1-3H3,(H,31,35)/t23-/m1/s1. The number of anilines is 1. The summed E-state index contributed by atoms with van der Waals surface area (Å²) >= 11 is 0. The van der Waals surface area contributed by atoms with Crippen LogP contribution < -0.4 is 9.62 Å². The van der Waals surface area contributed by atoms with Crippen molar-refractivity contribution in [1.29, 1.82) is 0 Å². The number of rotatable bonds is 9. The SMILES string of the molecule is Cc1cccc(CN(C(=O)CN(c2cccc3ccccc23)S(C)(=O)=O)[C@H](C)C(=O)NC2CCCCC2)c1. The van der Waals surface area contributed by atoms with Crippen molar-refractivity contribution in [2.45, 2.75) is 64.6 Å². The molecule has 0 aliphatic heterocycles. The predicted octanol–water partition coefficient (Wildman–Crippen LogP) is 4.78. The van der Waals surface area contributed by atoms with Crippen molar-refractivity contribution in [2.24, 2.45) is 0 Å². The maximum atomic E-state index is 13.9. The first-order valence-corrected chi connectivity index (χ1v) is 15.1. The number of aryl methyl sites for hydroxylation is 1. The van der Waals surface area contributed by atoms with Gasteiger partial charge in [-0.15, -0.1) is 0 Å². The molecule has 1 N–H and O–H groups in total. The quantitative estimate of drug-likeness (QED) is 0.427. The molecule has 202 valence electrons. The molecule has 1 atom stereocenters. The summed E-state index contributed by atoms with van der Waals surface area (Å²) in [6.07, 6.45) is 6.32. The van der Waals surface area contributed by atoms with E-state index >= 15 is 0 Å². The van der Waals surface area contributed by atoms with E-state index in [9.17, 15) is 18.0 Å². The average Bonchev–Trinajstić information content (AvgIpc) is 2.89. The average molecular weight is 536 g/mol. The second-order valence-corrected chi connectivity index (χ2v) is 12.2. The smallest absolute Gasteiger partial charge is 0.244 e. The summed E-state index contributed by atoms with van der Waals surface area (Å²) in [5.74, 6) is -0.648. The minimum atomic E-state index is -3.80. The van der Waals surface area contributed by atoms with E-state index in [0.29, 0.717) is 5.69 Å². The number of hydrogen-bond donors (Lipinski definition) is 1. The zero-order valence-corrected chi connectivity index (χ0v) is 23.2. The van der Waals surface area contributed by atoms with Crippen molar-refractivity contribution >= 4 is 38.3 Å². The number of carbonyl (C=O) groups is 2. The molecule has 8 heteroatoms. The van der Waals surface area contributed by atoms with E-state index in [2.05, 4.69) is 5.32 Å². The first-order valence-electron chi connectivity index (χ1n) is 13.2. The van der Waals surface area contributed by atoms with Gasteiger partial charge in [0.2, 0.25) is 21.8 Å². The molecule has 2 amide bonds. The number of amides is 2. The number of benzene rings is 3. The van der Waals surface area contributed by atoms with Crippen LogP contribution in [0.5, 0.6) is 0 Å². The van der Waals surface area contributed by atoms with Crippen LogP contribution in [0.2, 0.25) is 0 Å². The molecule has 3 aromatic carbocycles. The second kappa shape index (κ2) is 12.0. The molecular formula is C30H37N3O4S. The molecule has 1 fully saturated rings. The van der Waals surface area contributed by atoms with Crippen LogP contribution in [0.3, 0.4) is 0 Å². The van der Waals surface area contributed by atoms with Crippen LogP contribution in [0, 0.1) is 6.92 Å². The van der Waals surface area contributed by atoms with Crippen molar-refractivity contribution in [3.63, 3.8) is 0 Å². The summed E-state index contributed by atoms with van der Waals surface area (Å²) in [6, 6.07) is 20.0. The number of carbonyl (C=O) groups excluding carboxylic acids is 2. The Hall–Kier alpha value is -3.39. The summed E-state index contributed by atoms with van der Waals surface area (Å²) in [6.45, 7) is 3.49. The van der Waals surface area contributed by atoms with Crippen molar-refractivity contribution in [1.82, 2.24) is 10.2 Å². The second-order valence-electron chi connectivity index (χ2n) is 10.3. The molecule has 7 nitrogen and oxygen atoms in total. The zero-order valence-electron chi connectivity index (χ0n) is 22.4. The Labute approximate surface area is 225 Å². The lowest BCUT2D eigenvalue weighted by molar-refractivity contribution is -0.139. The molecular weight excluding hydrogens is 498 g/mol. The lowest BCUT2D eigenvalue weighted by atomic mass is 9.95. The lowest BCUT2D eigenvalue weighted by Gasteiger charge is -2.33. The molecule has 0 spiro atoms. The van der Waals surface area contributed by atoms with E-state index in [-0.39, 0.29) is 18.5 Å². The fourth-order valence-electron chi connectivity index (χ4n) is 5.18. The molecule has 0 aromatic heterocycles. The van der Waals surface area contributed by atoms with Gasteiger partial charge in [0, 0.05) is 18.0 Å². The molecule has 0 heterocycles. The minimum absolute atomic E-state index is 0.109. The Balaban J connectivity index is 1.64. The number of nitrogens with one attached hydrogen (secondary N) is 1. The highest BCUT2D eigenvalue weighted by Crippen LogP contribution is 2.29. The van der Waals surface area contributed by atoms with Gasteiger partial charge in [-0.05, 0) is 43.7 Å². The summed E-state index contributed by atoms with van der Waals surface area (Å²) in [7, 11) is -3.80. The first-order chi connectivity index (χ1) is 18.1. The highest BCUT2D eigenvalue weighted by Gasteiger charge is 2.31. The molecule has 0 bridgehead atoms. The third-order valence-electron chi connectivity index (χ3n) is 7.27. The highest BCUT2D eigenvalue weighted by molar-refractivity contribution is 7.92. The summed E-state index contributed by atoms with van der Waals surface area (Å²) in [5.41, 5.74) is 2.36. The molecule has 0 radical (unpaired) electrons. The van der Waals surface area contributed by atoms with Gasteiger partial charge < -0.3 is 10.2 Å². The number of sulfonamides is 1. The van der Waals surface area contributed by atoms with Gasteiger partial charge in [0.25, 0.3) is 0 Å². The fourth-order valence-corrected chi connectivity index (χ4v) is 6.04. The van der Waals surface area contributed by atoms with Crippen molar-refractivity contribution in [3.05, 3.63) is 77.9 Å². The van der Waals surface area contributed by atoms with Gasteiger partial charge in [-0.3, -0.25) is 13.9 Å². The fraction of sp³-hybridized carbons (Fsp3) is 0.400. The van der Waals surface area contributed by atoms with Gasteiger partial charge in [0.15, 0.2) is 0 Å². The Kier molecular flexibility index (Phi) is 8.72. The van der Waals surface area contributed by atoms with Crippen LogP contribution in [-0.2, 0) is 26.2 Å². The van der Waals surface area contributed by atoms with E-state index in [1.54, 1.807) is 19.1 Å². The number of nitrogens with zero attached hydrogens (tertiary/aromatic N) is 2. The first kappa shape index (κ1) is 27.6. The minimum Gasteiger partial charge on any atom is -0.352 e. The maximum Gasteiger partial charge on any atom is 0.244 e. The maximum absolute atomic E-state index is 13.9. The van der Waals surface area contributed by atoms with E-state index in [4.69, 9.17) is 0 Å². The molecule has 1 aliphatic rings. The van der Waals surface area contributed by atoms with E-state index in [1.807, 2.05) is 61.5 Å². The van der Waals surface area contributed by atoms with Crippen LogP contribution in [0.25, 0.3) is 10.8 Å². The summed E-state index contributed by atoms with van der Waals surface area (Å²) in [4.78, 5) is 28.7.